The van der Waals surface area contributed by atoms with Crippen molar-refractivity contribution >= 4 is 0 Å². The Balaban J connectivity index is 2.52. The minimum absolute atomic E-state index is 0.0776. The first kappa shape index (κ1) is 8.02. The summed E-state index contributed by atoms with van der Waals surface area (Å²) in [6, 6.07) is 0.531. The number of likely N-dealkylation sites (tertiary alicyclic amines) is 1. The number of hydrogen-bond acceptors (Lipinski definition) is 2. The lowest BCUT2D eigenvalue weighted by Gasteiger charge is -2.38. The van der Waals surface area contributed by atoms with E-state index in [2.05, 4.69) is 25.8 Å². The van der Waals surface area contributed by atoms with Crippen LogP contribution in [0, 0.1) is 5.92 Å². The summed E-state index contributed by atoms with van der Waals surface area (Å²) < 4.78 is 0. The van der Waals surface area contributed by atoms with Gasteiger partial charge in [0.25, 0.3) is 0 Å². The molecule has 1 aliphatic rings. The molecule has 0 spiro atoms. The first-order chi connectivity index (χ1) is 4.63. The van der Waals surface area contributed by atoms with E-state index in [1.54, 1.807) is 0 Å². The number of aliphatic hydroxyl groups is 1. The van der Waals surface area contributed by atoms with E-state index in [1.807, 2.05) is 0 Å². The highest BCUT2D eigenvalue weighted by molar-refractivity contribution is 4.82. The van der Waals surface area contributed by atoms with Gasteiger partial charge in [0.15, 0.2) is 0 Å². The molecule has 1 aliphatic heterocycles. The number of piperidine rings is 1. The SMILES string of the molecule is C[C@@H]1[C@H](O)CCN(C)[C@H]1C. The van der Waals surface area contributed by atoms with Crippen LogP contribution >= 0.6 is 0 Å². The summed E-state index contributed by atoms with van der Waals surface area (Å²) in [5.41, 5.74) is 0. The zero-order valence-electron chi connectivity index (χ0n) is 7.04. The van der Waals surface area contributed by atoms with Crippen LogP contribution in [0.5, 0.6) is 0 Å². The van der Waals surface area contributed by atoms with E-state index in [4.69, 9.17) is 0 Å². The zero-order valence-corrected chi connectivity index (χ0v) is 7.04. The molecule has 0 amide bonds. The molecule has 0 saturated carbocycles. The summed E-state index contributed by atoms with van der Waals surface area (Å²) in [6.07, 6.45) is 0.855. The molecule has 1 rings (SSSR count). The van der Waals surface area contributed by atoms with Gasteiger partial charge in [-0.25, -0.2) is 0 Å². The van der Waals surface area contributed by atoms with E-state index in [0.717, 1.165) is 13.0 Å². The topological polar surface area (TPSA) is 23.5 Å². The maximum Gasteiger partial charge on any atom is 0.0592 e. The van der Waals surface area contributed by atoms with Crippen molar-refractivity contribution < 1.29 is 5.11 Å². The average molecular weight is 143 g/mol. The Morgan fingerprint density at radius 2 is 2.00 bits per heavy atom. The Labute approximate surface area is 62.8 Å². The van der Waals surface area contributed by atoms with Crippen LogP contribution in [-0.2, 0) is 0 Å². The van der Waals surface area contributed by atoms with Crippen molar-refractivity contribution in [2.45, 2.75) is 32.4 Å². The maximum atomic E-state index is 9.44. The molecule has 1 saturated heterocycles. The van der Waals surface area contributed by atoms with Crippen LogP contribution in [0.3, 0.4) is 0 Å². The Morgan fingerprint density at radius 3 is 2.50 bits per heavy atom. The molecule has 0 aromatic carbocycles. The standard InChI is InChI=1S/C8H17NO/c1-6-7(2)9(3)5-4-8(6)10/h6-8,10H,4-5H2,1-3H3/t6-,7-,8+/m0/s1. The smallest absolute Gasteiger partial charge is 0.0592 e. The van der Waals surface area contributed by atoms with Gasteiger partial charge in [-0.05, 0) is 26.3 Å². The van der Waals surface area contributed by atoms with Crippen molar-refractivity contribution in [1.82, 2.24) is 4.90 Å². The summed E-state index contributed by atoms with van der Waals surface area (Å²) in [7, 11) is 2.12. The zero-order chi connectivity index (χ0) is 7.72. The number of hydrogen-bond donors (Lipinski definition) is 1. The van der Waals surface area contributed by atoms with Gasteiger partial charge < -0.3 is 10.0 Å². The second-order valence-electron chi connectivity index (χ2n) is 3.44. The molecule has 2 nitrogen and oxygen atoms in total. The van der Waals surface area contributed by atoms with Crippen LogP contribution in [0.1, 0.15) is 20.3 Å². The van der Waals surface area contributed by atoms with Gasteiger partial charge in [-0.15, -0.1) is 0 Å². The van der Waals surface area contributed by atoms with Gasteiger partial charge in [0.1, 0.15) is 0 Å². The molecule has 0 bridgehead atoms. The van der Waals surface area contributed by atoms with Gasteiger partial charge in [-0.1, -0.05) is 6.92 Å². The summed E-state index contributed by atoms with van der Waals surface area (Å²) in [6.45, 7) is 5.32. The molecule has 0 aromatic heterocycles. The molecule has 0 aromatic rings. The van der Waals surface area contributed by atoms with Crippen LogP contribution in [0.15, 0.2) is 0 Å². The highest BCUT2D eigenvalue weighted by Gasteiger charge is 2.28. The highest BCUT2D eigenvalue weighted by Crippen LogP contribution is 2.21. The quantitative estimate of drug-likeness (QED) is 0.540. The van der Waals surface area contributed by atoms with Gasteiger partial charge in [0, 0.05) is 12.6 Å². The Bertz CT molecular complexity index is 102. The predicted octanol–water partition coefficient (Wildman–Crippen LogP) is 0.707. The molecule has 3 atom stereocenters. The monoisotopic (exact) mass is 143 g/mol. The van der Waals surface area contributed by atoms with E-state index >= 15 is 0 Å². The second kappa shape index (κ2) is 2.89. The van der Waals surface area contributed by atoms with Crippen molar-refractivity contribution in [3.8, 4) is 0 Å². The first-order valence-corrected chi connectivity index (χ1v) is 4.01. The molecule has 2 heteroatoms. The van der Waals surface area contributed by atoms with Crippen molar-refractivity contribution in [3.63, 3.8) is 0 Å². The van der Waals surface area contributed by atoms with Gasteiger partial charge >= 0.3 is 0 Å². The molecular formula is C8H17NO. The fourth-order valence-corrected chi connectivity index (χ4v) is 1.53. The summed E-state index contributed by atoms with van der Waals surface area (Å²) >= 11 is 0. The van der Waals surface area contributed by atoms with Crippen LogP contribution in [0.2, 0.25) is 0 Å². The summed E-state index contributed by atoms with van der Waals surface area (Å²) in [5.74, 6) is 0.429. The van der Waals surface area contributed by atoms with E-state index in [0.29, 0.717) is 12.0 Å². The van der Waals surface area contributed by atoms with E-state index < -0.39 is 0 Å². The van der Waals surface area contributed by atoms with Crippen molar-refractivity contribution in [2.24, 2.45) is 5.92 Å². The Morgan fingerprint density at radius 1 is 1.40 bits per heavy atom. The van der Waals surface area contributed by atoms with Crippen LogP contribution in [0.25, 0.3) is 0 Å². The molecule has 0 unspecified atom stereocenters. The lowest BCUT2D eigenvalue weighted by atomic mass is 9.90. The molecule has 1 N–H and O–H groups in total. The highest BCUT2D eigenvalue weighted by atomic mass is 16.3. The fraction of sp³-hybridized carbons (Fsp3) is 1.00. The number of nitrogens with zero attached hydrogens (tertiary/aromatic N) is 1. The molecule has 10 heavy (non-hydrogen) atoms. The summed E-state index contributed by atoms with van der Waals surface area (Å²) in [5, 5.41) is 9.44. The van der Waals surface area contributed by atoms with Gasteiger partial charge in [0.05, 0.1) is 6.10 Å². The summed E-state index contributed by atoms with van der Waals surface area (Å²) in [4.78, 5) is 2.30. The third-order valence-electron chi connectivity index (χ3n) is 2.84. The normalized spacial score (nSPS) is 43.8. The number of aliphatic hydroxyl groups excluding tert-OH is 1. The minimum atomic E-state index is -0.0776. The molecule has 1 fully saturated rings. The van der Waals surface area contributed by atoms with Crippen molar-refractivity contribution in [2.75, 3.05) is 13.6 Å². The van der Waals surface area contributed by atoms with Crippen molar-refractivity contribution in [3.05, 3.63) is 0 Å². The lowest BCUT2D eigenvalue weighted by Crippen LogP contribution is -2.46. The maximum absolute atomic E-state index is 9.44. The third-order valence-corrected chi connectivity index (χ3v) is 2.84. The van der Waals surface area contributed by atoms with E-state index in [9.17, 15) is 5.11 Å². The van der Waals surface area contributed by atoms with Crippen LogP contribution in [0.4, 0.5) is 0 Å². The van der Waals surface area contributed by atoms with E-state index in [1.165, 1.54) is 0 Å². The third kappa shape index (κ3) is 1.32. The van der Waals surface area contributed by atoms with Gasteiger partial charge in [-0.3, -0.25) is 0 Å². The largest absolute Gasteiger partial charge is 0.393 e. The molecule has 0 aliphatic carbocycles. The molecular weight excluding hydrogens is 126 g/mol. The second-order valence-corrected chi connectivity index (χ2v) is 3.44. The Hall–Kier alpha value is -0.0800. The van der Waals surface area contributed by atoms with Gasteiger partial charge in [-0.2, -0.15) is 0 Å². The first-order valence-electron chi connectivity index (χ1n) is 4.01. The van der Waals surface area contributed by atoms with E-state index in [-0.39, 0.29) is 6.10 Å². The number of rotatable bonds is 0. The average Bonchev–Trinajstić information content (AvgIpc) is 1.93. The molecule has 0 radical (unpaired) electrons. The lowest BCUT2D eigenvalue weighted by molar-refractivity contribution is 0.0102. The van der Waals surface area contributed by atoms with Crippen LogP contribution in [-0.4, -0.2) is 35.7 Å². The Kier molecular flexibility index (Phi) is 2.32. The minimum Gasteiger partial charge on any atom is -0.393 e. The van der Waals surface area contributed by atoms with Gasteiger partial charge in [0.2, 0.25) is 0 Å². The predicted molar refractivity (Wildman–Crippen MR) is 41.9 cm³/mol. The molecule has 60 valence electrons. The van der Waals surface area contributed by atoms with Crippen LogP contribution < -0.4 is 0 Å². The van der Waals surface area contributed by atoms with Crippen molar-refractivity contribution in [1.29, 1.82) is 0 Å². The molecule has 1 heterocycles. The fourth-order valence-electron chi connectivity index (χ4n) is 1.53.